The third kappa shape index (κ3) is 2.99. The van der Waals surface area contributed by atoms with Crippen LogP contribution in [0.5, 0.6) is 5.88 Å². The van der Waals surface area contributed by atoms with E-state index in [0.29, 0.717) is 17.4 Å². The molecule has 3 rings (SSSR count). The van der Waals surface area contributed by atoms with Crippen molar-refractivity contribution in [3.8, 4) is 17.0 Å². The van der Waals surface area contributed by atoms with Crippen LogP contribution in [0.3, 0.4) is 0 Å². The Kier molecular flexibility index (Phi) is 3.88. The first kappa shape index (κ1) is 14.3. The Morgan fingerprint density at radius 2 is 2.09 bits per heavy atom. The third-order valence-electron chi connectivity index (χ3n) is 3.02. The van der Waals surface area contributed by atoms with E-state index < -0.39 is 0 Å². The fourth-order valence-corrected chi connectivity index (χ4v) is 2.26. The van der Waals surface area contributed by atoms with Gasteiger partial charge in [0, 0.05) is 29.7 Å². The zero-order valence-electron chi connectivity index (χ0n) is 11.8. The van der Waals surface area contributed by atoms with Gasteiger partial charge in [-0.2, -0.15) is 0 Å². The SMILES string of the molecule is COc1ncc(Cn2cnc(N)n2)cc1-c1cncc(Cl)c1. The zero-order valence-corrected chi connectivity index (χ0v) is 12.5. The second-order valence-corrected chi connectivity index (χ2v) is 5.03. The number of hydrogen-bond acceptors (Lipinski definition) is 6. The van der Waals surface area contributed by atoms with Crippen molar-refractivity contribution in [3.05, 3.63) is 47.6 Å². The molecule has 22 heavy (non-hydrogen) atoms. The van der Waals surface area contributed by atoms with Crippen LogP contribution in [0, 0.1) is 0 Å². The largest absolute Gasteiger partial charge is 0.481 e. The molecule has 3 aromatic rings. The molecule has 0 saturated carbocycles. The summed E-state index contributed by atoms with van der Waals surface area (Å²) in [5.41, 5.74) is 8.08. The normalized spacial score (nSPS) is 10.6. The molecule has 0 bridgehead atoms. The van der Waals surface area contributed by atoms with E-state index in [0.717, 1.165) is 16.7 Å². The molecule has 0 unspecified atom stereocenters. The lowest BCUT2D eigenvalue weighted by Gasteiger charge is -2.10. The smallest absolute Gasteiger partial charge is 0.239 e. The Morgan fingerprint density at radius 3 is 2.77 bits per heavy atom. The van der Waals surface area contributed by atoms with Gasteiger partial charge in [-0.15, -0.1) is 5.10 Å². The monoisotopic (exact) mass is 316 g/mol. The van der Waals surface area contributed by atoms with E-state index in [1.807, 2.05) is 12.1 Å². The molecule has 3 aromatic heterocycles. The first-order chi connectivity index (χ1) is 10.7. The van der Waals surface area contributed by atoms with Crippen molar-refractivity contribution < 1.29 is 4.74 Å². The van der Waals surface area contributed by atoms with Crippen LogP contribution in [-0.4, -0.2) is 31.8 Å². The predicted octanol–water partition coefficient (Wildman–Crippen LogP) is 2.03. The summed E-state index contributed by atoms with van der Waals surface area (Å²) in [6.45, 7) is 0.502. The van der Waals surface area contributed by atoms with Gasteiger partial charge in [0.05, 0.1) is 18.7 Å². The number of nitrogen functional groups attached to an aromatic ring is 1. The van der Waals surface area contributed by atoms with E-state index in [-0.39, 0.29) is 5.95 Å². The van der Waals surface area contributed by atoms with Gasteiger partial charge in [0.15, 0.2) is 0 Å². The highest BCUT2D eigenvalue weighted by molar-refractivity contribution is 6.30. The molecule has 2 N–H and O–H groups in total. The maximum Gasteiger partial charge on any atom is 0.239 e. The van der Waals surface area contributed by atoms with Crippen LogP contribution < -0.4 is 10.5 Å². The first-order valence-electron chi connectivity index (χ1n) is 6.44. The summed E-state index contributed by atoms with van der Waals surface area (Å²) in [6.07, 6.45) is 6.58. The quantitative estimate of drug-likeness (QED) is 0.791. The molecule has 0 radical (unpaired) electrons. The van der Waals surface area contributed by atoms with Crippen molar-refractivity contribution in [1.82, 2.24) is 24.7 Å². The van der Waals surface area contributed by atoms with Crippen LogP contribution in [-0.2, 0) is 6.54 Å². The van der Waals surface area contributed by atoms with Crippen molar-refractivity contribution in [1.29, 1.82) is 0 Å². The van der Waals surface area contributed by atoms with E-state index in [2.05, 4.69) is 20.1 Å². The molecule has 0 saturated heterocycles. The van der Waals surface area contributed by atoms with Crippen LogP contribution in [0.4, 0.5) is 5.95 Å². The second kappa shape index (κ2) is 5.98. The number of hydrogen-bond donors (Lipinski definition) is 1. The Hall–Kier alpha value is -2.67. The third-order valence-corrected chi connectivity index (χ3v) is 3.22. The van der Waals surface area contributed by atoms with Gasteiger partial charge < -0.3 is 10.5 Å². The Morgan fingerprint density at radius 1 is 1.23 bits per heavy atom. The highest BCUT2D eigenvalue weighted by Crippen LogP contribution is 2.29. The number of ether oxygens (including phenoxy) is 1. The fourth-order valence-electron chi connectivity index (χ4n) is 2.08. The van der Waals surface area contributed by atoms with Gasteiger partial charge in [0.2, 0.25) is 11.8 Å². The maximum atomic E-state index is 6.00. The van der Waals surface area contributed by atoms with Gasteiger partial charge in [0.25, 0.3) is 0 Å². The van der Waals surface area contributed by atoms with Crippen LogP contribution in [0.2, 0.25) is 5.02 Å². The lowest BCUT2D eigenvalue weighted by atomic mass is 10.1. The predicted molar refractivity (Wildman–Crippen MR) is 82.6 cm³/mol. The molecule has 0 atom stereocenters. The number of pyridine rings is 2. The average molecular weight is 317 g/mol. The molecule has 0 amide bonds. The molecule has 7 nitrogen and oxygen atoms in total. The topological polar surface area (TPSA) is 91.7 Å². The van der Waals surface area contributed by atoms with Crippen molar-refractivity contribution in [2.24, 2.45) is 0 Å². The lowest BCUT2D eigenvalue weighted by Crippen LogP contribution is -2.03. The minimum Gasteiger partial charge on any atom is -0.481 e. The van der Waals surface area contributed by atoms with E-state index in [4.69, 9.17) is 22.1 Å². The van der Waals surface area contributed by atoms with E-state index in [9.17, 15) is 0 Å². The molecule has 0 aromatic carbocycles. The average Bonchev–Trinajstić information content (AvgIpc) is 2.92. The summed E-state index contributed by atoms with van der Waals surface area (Å²) in [4.78, 5) is 12.3. The number of anilines is 1. The van der Waals surface area contributed by atoms with Gasteiger partial charge in [0.1, 0.15) is 6.33 Å². The molecule has 0 spiro atoms. The Labute approximate surface area is 131 Å². The van der Waals surface area contributed by atoms with Crippen LogP contribution in [0.1, 0.15) is 5.56 Å². The van der Waals surface area contributed by atoms with Gasteiger partial charge in [-0.3, -0.25) is 4.98 Å². The van der Waals surface area contributed by atoms with Gasteiger partial charge in [-0.05, 0) is 17.7 Å². The molecule has 0 aliphatic rings. The van der Waals surface area contributed by atoms with E-state index in [1.54, 1.807) is 36.7 Å². The summed E-state index contributed by atoms with van der Waals surface area (Å²) >= 11 is 6.00. The summed E-state index contributed by atoms with van der Waals surface area (Å²) < 4.78 is 6.95. The fraction of sp³-hybridized carbons (Fsp3) is 0.143. The molecule has 112 valence electrons. The number of nitrogens with two attached hydrogens (primary N) is 1. The number of halogens is 1. The Balaban J connectivity index is 1.99. The first-order valence-corrected chi connectivity index (χ1v) is 6.82. The second-order valence-electron chi connectivity index (χ2n) is 4.59. The van der Waals surface area contributed by atoms with E-state index >= 15 is 0 Å². The summed E-state index contributed by atoms with van der Waals surface area (Å²) in [5, 5.41) is 4.61. The van der Waals surface area contributed by atoms with Crippen LogP contribution in [0.15, 0.2) is 37.1 Å². The minimum absolute atomic E-state index is 0.237. The zero-order chi connectivity index (χ0) is 15.5. The lowest BCUT2D eigenvalue weighted by molar-refractivity contribution is 0.399. The molecule has 0 aliphatic heterocycles. The number of aromatic nitrogens is 5. The van der Waals surface area contributed by atoms with Crippen LogP contribution in [0.25, 0.3) is 11.1 Å². The number of nitrogens with zero attached hydrogens (tertiary/aromatic N) is 5. The summed E-state index contributed by atoms with van der Waals surface area (Å²) in [7, 11) is 1.57. The maximum absolute atomic E-state index is 6.00. The number of methoxy groups -OCH3 is 1. The van der Waals surface area contributed by atoms with Crippen LogP contribution >= 0.6 is 11.6 Å². The van der Waals surface area contributed by atoms with Crippen molar-refractivity contribution in [2.45, 2.75) is 6.54 Å². The molecular formula is C14H13ClN6O. The summed E-state index contributed by atoms with van der Waals surface area (Å²) in [6, 6.07) is 3.77. The molecule has 3 heterocycles. The molecule has 8 heteroatoms. The van der Waals surface area contributed by atoms with E-state index in [1.165, 1.54) is 0 Å². The highest BCUT2D eigenvalue weighted by atomic mass is 35.5. The van der Waals surface area contributed by atoms with Crippen molar-refractivity contribution >= 4 is 17.5 Å². The van der Waals surface area contributed by atoms with Gasteiger partial charge in [-0.1, -0.05) is 11.6 Å². The molecule has 0 aliphatic carbocycles. The molecule has 0 fully saturated rings. The highest BCUT2D eigenvalue weighted by Gasteiger charge is 2.10. The number of rotatable bonds is 4. The van der Waals surface area contributed by atoms with Gasteiger partial charge in [-0.25, -0.2) is 14.6 Å². The summed E-state index contributed by atoms with van der Waals surface area (Å²) in [5.74, 6) is 0.742. The Bertz CT molecular complexity index is 804. The molecular weight excluding hydrogens is 304 g/mol. The van der Waals surface area contributed by atoms with Crippen molar-refractivity contribution in [3.63, 3.8) is 0 Å². The minimum atomic E-state index is 0.237. The van der Waals surface area contributed by atoms with Crippen molar-refractivity contribution in [2.75, 3.05) is 12.8 Å². The van der Waals surface area contributed by atoms with Gasteiger partial charge >= 0.3 is 0 Å². The standard InChI is InChI=1S/C14H13ClN6O/c1-22-13-12(10-3-11(15)6-17-5-10)2-9(4-18-13)7-21-8-19-14(16)20-21/h2-6,8H,7H2,1H3,(H2,16,20).